The number of nitrogens with one attached hydrogen (secondary N) is 1. The van der Waals surface area contributed by atoms with Crippen molar-refractivity contribution in [2.75, 3.05) is 6.61 Å². The summed E-state index contributed by atoms with van der Waals surface area (Å²) in [6.45, 7) is 3.93. The molecule has 4 rings (SSSR count). The fourth-order valence-corrected chi connectivity index (χ4v) is 3.79. The molecular formula is C25H22ClN3O2. The number of carbonyl (C=O) groups excluding carboxylic acids is 1. The lowest BCUT2D eigenvalue weighted by molar-refractivity contribution is -0.123. The van der Waals surface area contributed by atoms with Gasteiger partial charge in [0.1, 0.15) is 5.75 Å². The highest BCUT2D eigenvalue weighted by Gasteiger charge is 2.12. The maximum Gasteiger partial charge on any atom is 0.277 e. The Balaban J connectivity index is 1.48. The Hall–Kier alpha value is -3.57. The van der Waals surface area contributed by atoms with Gasteiger partial charge in [0.05, 0.1) is 16.9 Å². The van der Waals surface area contributed by atoms with Crippen molar-refractivity contribution >= 4 is 34.5 Å². The molecule has 0 fully saturated rings. The second-order valence-electron chi connectivity index (χ2n) is 7.17. The topological polar surface area (TPSA) is 55.6 Å². The zero-order valence-corrected chi connectivity index (χ0v) is 18.1. The third-order valence-corrected chi connectivity index (χ3v) is 5.38. The number of hydrogen-bond donors (Lipinski definition) is 1. The highest BCUT2D eigenvalue weighted by molar-refractivity contribution is 6.32. The molecule has 31 heavy (non-hydrogen) atoms. The summed E-state index contributed by atoms with van der Waals surface area (Å²) in [5.41, 5.74) is 6.67. The van der Waals surface area contributed by atoms with Gasteiger partial charge in [-0.05, 0) is 43.5 Å². The highest BCUT2D eigenvalue weighted by atomic mass is 35.5. The van der Waals surface area contributed by atoms with Gasteiger partial charge in [0.15, 0.2) is 6.61 Å². The maximum absolute atomic E-state index is 12.0. The Bertz CT molecular complexity index is 1270. The van der Waals surface area contributed by atoms with Gasteiger partial charge < -0.3 is 9.30 Å². The smallest absolute Gasteiger partial charge is 0.277 e. The van der Waals surface area contributed by atoms with E-state index in [9.17, 15) is 4.79 Å². The van der Waals surface area contributed by atoms with E-state index in [4.69, 9.17) is 16.3 Å². The van der Waals surface area contributed by atoms with E-state index in [1.165, 1.54) is 10.8 Å². The molecule has 1 amide bonds. The second-order valence-corrected chi connectivity index (χ2v) is 7.58. The molecule has 0 saturated carbocycles. The minimum absolute atomic E-state index is 0.171. The van der Waals surface area contributed by atoms with Crippen molar-refractivity contribution in [3.05, 3.63) is 94.8 Å². The lowest BCUT2D eigenvalue weighted by Crippen LogP contribution is -2.24. The van der Waals surface area contributed by atoms with Crippen LogP contribution in [0.4, 0.5) is 0 Å². The molecule has 4 aromatic rings. The zero-order chi connectivity index (χ0) is 21.8. The zero-order valence-electron chi connectivity index (χ0n) is 17.3. The first-order valence-corrected chi connectivity index (χ1v) is 10.3. The summed E-state index contributed by atoms with van der Waals surface area (Å²) in [6.07, 6.45) is 1.65. The fourth-order valence-electron chi connectivity index (χ4n) is 3.60. The molecule has 1 heterocycles. The number of carbonyl (C=O) groups is 1. The highest BCUT2D eigenvalue weighted by Crippen LogP contribution is 2.27. The van der Waals surface area contributed by atoms with Gasteiger partial charge in [-0.2, -0.15) is 5.10 Å². The van der Waals surface area contributed by atoms with Crippen LogP contribution in [-0.2, 0) is 4.79 Å². The monoisotopic (exact) mass is 431 g/mol. The van der Waals surface area contributed by atoms with E-state index in [0.717, 1.165) is 22.6 Å². The number of fused-ring (bicyclic) bond motifs is 1. The number of para-hydroxylation sites is 1. The standard InChI is InChI=1S/C25H22ClN3O2/c1-17-14-20(15-27-28-25(30)16-31-24-13-6-5-11-22(24)26)18(2)29(17)23-12-7-9-19-8-3-4-10-21(19)23/h3-15H,16H2,1-2H3,(H,28,30)/b27-15-. The van der Waals surface area contributed by atoms with Gasteiger partial charge in [-0.1, -0.05) is 60.1 Å². The molecule has 1 N–H and O–H groups in total. The number of ether oxygens (including phenoxy) is 1. The molecule has 0 saturated heterocycles. The Labute approximate surface area is 185 Å². The van der Waals surface area contributed by atoms with E-state index in [1.54, 1.807) is 30.5 Å². The van der Waals surface area contributed by atoms with Gasteiger partial charge in [0.25, 0.3) is 5.91 Å². The van der Waals surface area contributed by atoms with Gasteiger partial charge in [0.2, 0.25) is 0 Å². The van der Waals surface area contributed by atoms with E-state index in [1.807, 2.05) is 25.1 Å². The third-order valence-electron chi connectivity index (χ3n) is 5.07. The van der Waals surface area contributed by atoms with Crippen molar-refractivity contribution in [1.82, 2.24) is 9.99 Å². The first-order chi connectivity index (χ1) is 15.0. The van der Waals surface area contributed by atoms with Crippen LogP contribution in [0.5, 0.6) is 5.75 Å². The number of rotatable bonds is 6. The van der Waals surface area contributed by atoms with Crippen molar-refractivity contribution in [1.29, 1.82) is 0 Å². The number of halogens is 1. The van der Waals surface area contributed by atoms with Crippen molar-refractivity contribution in [2.45, 2.75) is 13.8 Å². The van der Waals surface area contributed by atoms with E-state index >= 15 is 0 Å². The molecule has 6 heteroatoms. The van der Waals surface area contributed by atoms with Crippen LogP contribution in [-0.4, -0.2) is 23.3 Å². The van der Waals surface area contributed by atoms with Crippen molar-refractivity contribution in [2.24, 2.45) is 5.10 Å². The van der Waals surface area contributed by atoms with Crippen LogP contribution >= 0.6 is 11.6 Å². The van der Waals surface area contributed by atoms with E-state index < -0.39 is 0 Å². The van der Waals surface area contributed by atoms with Crippen LogP contribution in [0.15, 0.2) is 77.9 Å². The van der Waals surface area contributed by atoms with Gasteiger partial charge in [-0.25, -0.2) is 5.43 Å². The van der Waals surface area contributed by atoms with Crippen LogP contribution in [0, 0.1) is 13.8 Å². The molecule has 0 unspecified atom stereocenters. The first kappa shape index (κ1) is 20.7. The molecule has 156 valence electrons. The summed E-state index contributed by atoms with van der Waals surface area (Å²) in [6, 6.07) is 23.6. The summed E-state index contributed by atoms with van der Waals surface area (Å²) in [4.78, 5) is 12.0. The fraction of sp³-hybridized carbons (Fsp3) is 0.120. The maximum atomic E-state index is 12.0. The van der Waals surface area contributed by atoms with Crippen LogP contribution in [0.25, 0.3) is 16.5 Å². The van der Waals surface area contributed by atoms with Gasteiger partial charge >= 0.3 is 0 Å². The molecule has 0 bridgehead atoms. The summed E-state index contributed by atoms with van der Waals surface area (Å²) in [5, 5.41) is 6.92. The number of hydrogen-bond acceptors (Lipinski definition) is 3. The quantitative estimate of drug-likeness (QED) is 0.327. The lowest BCUT2D eigenvalue weighted by Gasteiger charge is -2.13. The molecule has 0 spiro atoms. The average Bonchev–Trinajstić information content (AvgIpc) is 3.05. The Morgan fingerprint density at radius 3 is 2.65 bits per heavy atom. The number of amides is 1. The molecule has 0 atom stereocenters. The molecule has 3 aromatic carbocycles. The molecule has 1 aromatic heterocycles. The Kier molecular flexibility index (Phi) is 6.05. The van der Waals surface area contributed by atoms with Crippen LogP contribution in [0.2, 0.25) is 5.02 Å². The van der Waals surface area contributed by atoms with E-state index in [-0.39, 0.29) is 12.5 Å². The predicted molar refractivity (Wildman–Crippen MR) is 125 cm³/mol. The molecule has 0 aliphatic carbocycles. The summed E-state index contributed by atoms with van der Waals surface area (Å²) in [5.74, 6) is 0.0981. The largest absolute Gasteiger partial charge is 0.482 e. The van der Waals surface area contributed by atoms with Gasteiger partial charge in [-0.3, -0.25) is 4.79 Å². The Morgan fingerprint density at radius 2 is 1.81 bits per heavy atom. The van der Waals surface area contributed by atoms with Crippen LogP contribution in [0.1, 0.15) is 17.0 Å². The van der Waals surface area contributed by atoms with Crippen molar-refractivity contribution in [3.8, 4) is 11.4 Å². The normalized spacial score (nSPS) is 11.2. The second kappa shape index (κ2) is 9.06. The van der Waals surface area contributed by atoms with E-state index in [0.29, 0.717) is 10.8 Å². The minimum Gasteiger partial charge on any atom is -0.482 e. The van der Waals surface area contributed by atoms with Crippen molar-refractivity contribution < 1.29 is 9.53 Å². The van der Waals surface area contributed by atoms with Crippen LogP contribution in [0.3, 0.4) is 0 Å². The third kappa shape index (κ3) is 4.47. The SMILES string of the molecule is Cc1cc(/C=N\NC(=O)COc2ccccc2Cl)c(C)n1-c1cccc2ccccc12. The van der Waals surface area contributed by atoms with Crippen molar-refractivity contribution in [3.63, 3.8) is 0 Å². The lowest BCUT2D eigenvalue weighted by atomic mass is 10.1. The van der Waals surface area contributed by atoms with Gasteiger partial charge in [-0.15, -0.1) is 0 Å². The number of aryl methyl sites for hydroxylation is 1. The van der Waals surface area contributed by atoms with Gasteiger partial charge in [0, 0.05) is 22.3 Å². The molecule has 0 radical (unpaired) electrons. The predicted octanol–water partition coefficient (Wildman–Crippen LogP) is 5.43. The van der Waals surface area contributed by atoms with E-state index in [2.05, 4.69) is 52.3 Å². The van der Waals surface area contributed by atoms with Crippen LogP contribution < -0.4 is 10.2 Å². The first-order valence-electron chi connectivity index (χ1n) is 9.91. The molecular weight excluding hydrogens is 410 g/mol. The summed E-state index contributed by atoms with van der Waals surface area (Å²) >= 11 is 6.02. The molecule has 0 aliphatic rings. The number of benzene rings is 3. The Morgan fingerprint density at radius 1 is 1.06 bits per heavy atom. The summed E-state index contributed by atoms with van der Waals surface area (Å²) < 4.78 is 7.63. The number of nitrogens with zero attached hydrogens (tertiary/aromatic N) is 2. The number of hydrazone groups is 1. The molecule has 0 aliphatic heterocycles. The average molecular weight is 432 g/mol. The minimum atomic E-state index is -0.362. The summed E-state index contributed by atoms with van der Waals surface area (Å²) in [7, 11) is 0. The number of aromatic nitrogens is 1. The molecule has 5 nitrogen and oxygen atoms in total.